The molecule has 0 fully saturated rings. The Hall–Kier alpha value is -2.17. The van der Waals surface area contributed by atoms with E-state index >= 15 is 0 Å². The molecule has 0 aromatic rings. The minimum atomic E-state index is -1.78. The number of hydrogen-bond donors (Lipinski definition) is 4. The maximum absolute atomic E-state index is 12.1. The third kappa shape index (κ3) is 4.98. The smallest absolute Gasteiger partial charge is 0.253 e. The van der Waals surface area contributed by atoms with E-state index in [-0.39, 0.29) is 13.0 Å². The number of halogens is 1. The van der Waals surface area contributed by atoms with Crippen LogP contribution in [0.4, 0.5) is 4.39 Å². The molecule has 4 N–H and O–H groups in total. The number of nitrogens with zero attached hydrogens (tertiary/aromatic N) is 2. The fourth-order valence-electron chi connectivity index (χ4n) is 1.51. The number of carbonyl (C=O) groups is 3. The molecule has 1 heterocycles. The van der Waals surface area contributed by atoms with E-state index in [1.165, 1.54) is 0 Å². The van der Waals surface area contributed by atoms with Gasteiger partial charge in [0.2, 0.25) is 5.91 Å². The standard InChI is InChI=1S/C12H16FN3O6/c13-5-7(17)12(22)8(18)6-14-15-9(19)3-4-16-10(20)1-2-11(16)21/h1-2,6-8,12,17-18,22H,3-5H2,(H,15,19)/b14-6+/t7?,8?,12-/m1/s1. The Morgan fingerprint density at radius 2 is 1.91 bits per heavy atom. The summed E-state index contributed by atoms with van der Waals surface area (Å²) in [4.78, 5) is 34.7. The van der Waals surface area contributed by atoms with E-state index in [1.54, 1.807) is 0 Å². The van der Waals surface area contributed by atoms with Crippen LogP contribution in [0.1, 0.15) is 6.42 Å². The van der Waals surface area contributed by atoms with Crippen LogP contribution in [-0.2, 0) is 14.4 Å². The molecule has 0 aromatic carbocycles. The lowest BCUT2D eigenvalue weighted by atomic mass is 10.1. The van der Waals surface area contributed by atoms with Gasteiger partial charge in [0.15, 0.2) is 0 Å². The molecule has 0 saturated heterocycles. The molecule has 9 nitrogen and oxygen atoms in total. The Kier molecular flexibility index (Phi) is 6.76. The van der Waals surface area contributed by atoms with E-state index in [4.69, 9.17) is 5.11 Å². The van der Waals surface area contributed by atoms with Crippen molar-refractivity contribution in [3.63, 3.8) is 0 Å². The molecule has 0 aliphatic carbocycles. The number of hydrazone groups is 1. The minimum absolute atomic E-state index is 0.127. The van der Waals surface area contributed by atoms with E-state index in [1.807, 2.05) is 5.43 Å². The number of amides is 3. The number of rotatable bonds is 8. The molecule has 122 valence electrons. The highest BCUT2D eigenvalue weighted by molar-refractivity contribution is 6.13. The van der Waals surface area contributed by atoms with Crippen LogP contribution in [0.25, 0.3) is 0 Å². The van der Waals surface area contributed by atoms with Crippen LogP contribution in [0.3, 0.4) is 0 Å². The van der Waals surface area contributed by atoms with Crippen LogP contribution in [0.5, 0.6) is 0 Å². The molecule has 22 heavy (non-hydrogen) atoms. The van der Waals surface area contributed by atoms with Gasteiger partial charge in [-0.1, -0.05) is 0 Å². The number of aliphatic hydroxyl groups excluding tert-OH is 3. The maximum atomic E-state index is 12.1. The van der Waals surface area contributed by atoms with Gasteiger partial charge in [-0.25, -0.2) is 9.82 Å². The summed E-state index contributed by atoms with van der Waals surface area (Å²) in [6, 6.07) is 0. The molecular weight excluding hydrogens is 301 g/mol. The van der Waals surface area contributed by atoms with Crippen molar-refractivity contribution in [1.29, 1.82) is 0 Å². The van der Waals surface area contributed by atoms with Crippen molar-refractivity contribution in [1.82, 2.24) is 10.3 Å². The van der Waals surface area contributed by atoms with Crippen molar-refractivity contribution in [2.75, 3.05) is 13.2 Å². The number of hydrogen-bond acceptors (Lipinski definition) is 7. The van der Waals surface area contributed by atoms with Gasteiger partial charge in [0.05, 0.1) is 6.21 Å². The van der Waals surface area contributed by atoms with Crippen molar-refractivity contribution < 1.29 is 34.1 Å². The molecule has 0 saturated carbocycles. The fourth-order valence-corrected chi connectivity index (χ4v) is 1.51. The van der Waals surface area contributed by atoms with Crippen molar-refractivity contribution in [2.45, 2.75) is 24.7 Å². The van der Waals surface area contributed by atoms with Crippen molar-refractivity contribution >= 4 is 23.9 Å². The zero-order valence-corrected chi connectivity index (χ0v) is 11.4. The molecular formula is C12H16FN3O6. The maximum Gasteiger partial charge on any atom is 0.253 e. The summed E-state index contributed by atoms with van der Waals surface area (Å²) >= 11 is 0. The lowest BCUT2D eigenvalue weighted by molar-refractivity contribution is -0.137. The van der Waals surface area contributed by atoms with E-state index in [0.717, 1.165) is 23.3 Å². The van der Waals surface area contributed by atoms with Gasteiger partial charge in [-0.3, -0.25) is 19.3 Å². The molecule has 10 heteroatoms. The Labute approximate surface area is 124 Å². The van der Waals surface area contributed by atoms with Gasteiger partial charge in [0, 0.05) is 25.1 Å². The Morgan fingerprint density at radius 3 is 2.45 bits per heavy atom. The third-order valence-corrected chi connectivity index (χ3v) is 2.78. The highest BCUT2D eigenvalue weighted by Crippen LogP contribution is 2.04. The number of alkyl halides is 1. The number of imide groups is 1. The molecule has 3 atom stereocenters. The van der Waals surface area contributed by atoms with Gasteiger partial charge in [-0.2, -0.15) is 5.10 Å². The average Bonchev–Trinajstić information content (AvgIpc) is 2.82. The first-order valence-corrected chi connectivity index (χ1v) is 6.32. The van der Waals surface area contributed by atoms with Crippen LogP contribution >= 0.6 is 0 Å². The van der Waals surface area contributed by atoms with Gasteiger partial charge >= 0.3 is 0 Å². The van der Waals surface area contributed by atoms with Crippen molar-refractivity contribution in [3.05, 3.63) is 12.2 Å². The van der Waals surface area contributed by atoms with E-state index in [2.05, 4.69) is 5.10 Å². The van der Waals surface area contributed by atoms with Crippen molar-refractivity contribution in [2.24, 2.45) is 5.10 Å². The molecule has 3 amide bonds. The van der Waals surface area contributed by atoms with Gasteiger partial charge in [-0.15, -0.1) is 0 Å². The quantitative estimate of drug-likeness (QED) is 0.221. The lowest BCUT2D eigenvalue weighted by Crippen LogP contribution is -2.40. The number of aliphatic hydroxyl groups is 3. The first-order chi connectivity index (χ1) is 10.4. The molecule has 0 aromatic heterocycles. The number of carbonyl (C=O) groups excluding carboxylic acids is 3. The van der Waals surface area contributed by atoms with Crippen LogP contribution in [0.15, 0.2) is 17.3 Å². The van der Waals surface area contributed by atoms with E-state index < -0.39 is 42.7 Å². The second kappa shape index (κ2) is 8.32. The predicted molar refractivity (Wildman–Crippen MR) is 71.1 cm³/mol. The largest absolute Gasteiger partial charge is 0.388 e. The van der Waals surface area contributed by atoms with E-state index in [9.17, 15) is 29.0 Å². The summed E-state index contributed by atoms with van der Waals surface area (Å²) in [5, 5.41) is 30.8. The highest BCUT2D eigenvalue weighted by Gasteiger charge is 2.24. The SMILES string of the molecule is O=C(CCN1C(=O)C=CC1=O)N/N=C/C(O)[C@H](O)C(O)CF. The second-order valence-electron chi connectivity index (χ2n) is 4.43. The van der Waals surface area contributed by atoms with Crippen LogP contribution in [0.2, 0.25) is 0 Å². The summed E-state index contributed by atoms with van der Waals surface area (Å²) < 4.78 is 12.1. The molecule has 0 spiro atoms. The summed E-state index contributed by atoms with van der Waals surface area (Å²) in [6.45, 7) is -1.37. The van der Waals surface area contributed by atoms with Gasteiger partial charge < -0.3 is 15.3 Å². The summed E-state index contributed by atoms with van der Waals surface area (Å²) in [5.74, 6) is -1.67. The molecule has 1 aliphatic rings. The Balaban J connectivity index is 2.32. The zero-order valence-electron chi connectivity index (χ0n) is 11.4. The third-order valence-electron chi connectivity index (χ3n) is 2.78. The summed E-state index contributed by atoms with van der Waals surface area (Å²) in [6.07, 6.45) is -2.53. The van der Waals surface area contributed by atoms with Gasteiger partial charge in [0.25, 0.3) is 11.8 Å². The fraction of sp³-hybridized carbons (Fsp3) is 0.500. The van der Waals surface area contributed by atoms with Gasteiger partial charge in [-0.05, 0) is 0 Å². The van der Waals surface area contributed by atoms with Crippen LogP contribution in [-0.4, -0.2) is 75.7 Å². The normalized spacial score (nSPS) is 18.8. The molecule has 1 aliphatic heterocycles. The second-order valence-corrected chi connectivity index (χ2v) is 4.43. The van der Waals surface area contributed by atoms with Crippen LogP contribution in [0, 0.1) is 0 Å². The van der Waals surface area contributed by atoms with Crippen molar-refractivity contribution in [3.8, 4) is 0 Å². The predicted octanol–water partition coefficient (Wildman–Crippen LogP) is -2.54. The monoisotopic (exact) mass is 317 g/mol. The Morgan fingerprint density at radius 1 is 1.32 bits per heavy atom. The first-order valence-electron chi connectivity index (χ1n) is 6.32. The molecule has 2 unspecified atom stereocenters. The zero-order chi connectivity index (χ0) is 16.7. The average molecular weight is 317 g/mol. The van der Waals surface area contributed by atoms with Gasteiger partial charge in [0.1, 0.15) is 25.0 Å². The molecule has 0 radical (unpaired) electrons. The molecule has 1 rings (SSSR count). The number of nitrogens with one attached hydrogen (secondary N) is 1. The van der Waals surface area contributed by atoms with E-state index in [0.29, 0.717) is 0 Å². The lowest BCUT2D eigenvalue weighted by Gasteiger charge is -2.17. The highest BCUT2D eigenvalue weighted by atomic mass is 19.1. The summed E-state index contributed by atoms with van der Waals surface area (Å²) in [7, 11) is 0. The molecule has 0 bridgehead atoms. The summed E-state index contributed by atoms with van der Waals surface area (Å²) in [5.41, 5.74) is 1.99. The van der Waals surface area contributed by atoms with Crippen LogP contribution < -0.4 is 5.43 Å². The Bertz CT molecular complexity index is 477. The first kappa shape index (κ1) is 17.9. The minimum Gasteiger partial charge on any atom is -0.388 e. The topological polar surface area (TPSA) is 140 Å².